The molecule has 17 heteroatoms. The fraction of sp³-hybridized carbons (Fsp3) is 0.739. The molecule has 0 radical (unpaired) electrons. The number of hydrogen-bond donors (Lipinski definition) is 5. The SMILES string of the molecule is CC(NC(=O)C(F)F)[C@H]1C(=O)N2C(C(=O)O)=C(S[C@@H]3CN[C@H](C(=O)N4CC[C@H](NS(=O)(=O)CCN)C4)C3)[C@H](C)[C@H]12. The van der Waals surface area contributed by atoms with E-state index in [4.69, 9.17) is 5.73 Å². The summed E-state index contributed by atoms with van der Waals surface area (Å²) in [5, 5.41) is 15.0. The maximum absolute atomic E-state index is 13.1. The molecule has 0 aromatic heterocycles. The van der Waals surface area contributed by atoms with Crippen LogP contribution in [0.15, 0.2) is 10.6 Å². The van der Waals surface area contributed by atoms with Gasteiger partial charge in [-0.05, 0) is 19.8 Å². The van der Waals surface area contributed by atoms with E-state index in [-0.39, 0.29) is 35.7 Å². The molecule has 7 atom stereocenters. The number of halogens is 2. The minimum absolute atomic E-state index is 0.00396. The molecule has 0 saturated carbocycles. The van der Waals surface area contributed by atoms with E-state index < -0.39 is 70.2 Å². The van der Waals surface area contributed by atoms with E-state index >= 15 is 0 Å². The molecule has 0 bridgehead atoms. The molecule has 13 nitrogen and oxygen atoms in total. The van der Waals surface area contributed by atoms with E-state index in [1.54, 1.807) is 11.8 Å². The van der Waals surface area contributed by atoms with Gasteiger partial charge in [-0.3, -0.25) is 14.4 Å². The second kappa shape index (κ2) is 11.9. The Labute approximate surface area is 234 Å². The average Bonchev–Trinajstić information content (AvgIpc) is 3.57. The van der Waals surface area contributed by atoms with E-state index in [1.807, 2.05) is 0 Å². The summed E-state index contributed by atoms with van der Waals surface area (Å²) in [6, 6.07) is -2.42. The lowest BCUT2D eigenvalue weighted by Gasteiger charge is -2.47. The first-order chi connectivity index (χ1) is 18.8. The number of aliphatic carboxylic acids is 1. The average molecular weight is 609 g/mol. The number of fused-ring (bicyclic) bond motifs is 1. The van der Waals surface area contributed by atoms with E-state index in [0.717, 1.165) is 0 Å². The number of hydrogen-bond acceptors (Lipinski definition) is 9. The number of thioether (sulfide) groups is 1. The monoisotopic (exact) mass is 608 g/mol. The van der Waals surface area contributed by atoms with Crippen molar-refractivity contribution in [3.63, 3.8) is 0 Å². The van der Waals surface area contributed by atoms with Crippen LogP contribution in [-0.2, 0) is 29.2 Å². The number of β-lactam (4-membered cyclic amide) rings is 1. The highest BCUT2D eigenvalue weighted by atomic mass is 32.2. The number of rotatable bonds is 11. The molecular weight excluding hydrogens is 574 g/mol. The molecule has 3 amide bonds. The highest BCUT2D eigenvalue weighted by molar-refractivity contribution is 8.03. The number of sulfonamides is 1. The Balaban J connectivity index is 1.37. The van der Waals surface area contributed by atoms with Crippen LogP contribution in [0.25, 0.3) is 0 Å². The van der Waals surface area contributed by atoms with Crippen LogP contribution < -0.4 is 21.1 Å². The molecule has 4 aliphatic rings. The van der Waals surface area contributed by atoms with Crippen molar-refractivity contribution in [2.24, 2.45) is 17.6 Å². The Hall–Kier alpha value is -2.34. The molecule has 1 unspecified atom stereocenters. The topological polar surface area (TPSA) is 191 Å². The lowest BCUT2D eigenvalue weighted by molar-refractivity contribution is -0.159. The summed E-state index contributed by atoms with van der Waals surface area (Å²) in [6.45, 7) is 4.25. The number of carboxylic acid groups (broad SMARTS) is 1. The van der Waals surface area contributed by atoms with Crippen molar-refractivity contribution in [1.82, 2.24) is 25.2 Å². The molecule has 3 fully saturated rings. The van der Waals surface area contributed by atoms with Gasteiger partial charge in [-0.2, -0.15) is 8.78 Å². The zero-order valence-corrected chi connectivity index (χ0v) is 23.6. The molecule has 6 N–H and O–H groups in total. The third kappa shape index (κ3) is 5.98. The fourth-order valence-electron chi connectivity index (χ4n) is 5.98. The van der Waals surface area contributed by atoms with E-state index in [1.165, 1.54) is 23.6 Å². The minimum atomic E-state index is -3.52. The zero-order chi connectivity index (χ0) is 29.5. The molecule has 4 rings (SSSR count). The first kappa shape index (κ1) is 30.6. The summed E-state index contributed by atoms with van der Waals surface area (Å²) in [6.07, 6.45) is -2.35. The molecule has 0 spiro atoms. The van der Waals surface area contributed by atoms with Crippen LogP contribution in [0.5, 0.6) is 0 Å². The van der Waals surface area contributed by atoms with Crippen molar-refractivity contribution < 1.29 is 41.5 Å². The number of nitrogens with two attached hydrogens (primary N) is 1. The third-order valence-electron chi connectivity index (χ3n) is 7.81. The Morgan fingerprint density at radius 3 is 2.62 bits per heavy atom. The summed E-state index contributed by atoms with van der Waals surface area (Å²) in [7, 11) is -3.52. The molecule has 4 aliphatic heterocycles. The molecular formula is C23H34F2N6O7S2. The predicted octanol–water partition coefficient (Wildman–Crippen LogP) is -1.53. The highest BCUT2D eigenvalue weighted by Crippen LogP contribution is 2.51. The number of carbonyl (C=O) groups is 4. The number of likely N-dealkylation sites (tertiary alicyclic amines) is 1. The van der Waals surface area contributed by atoms with Crippen LogP contribution in [0.3, 0.4) is 0 Å². The molecule has 4 heterocycles. The van der Waals surface area contributed by atoms with Gasteiger partial charge in [0.25, 0.3) is 5.91 Å². The lowest BCUT2D eigenvalue weighted by atomic mass is 9.78. The summed E-state index contributed by atoms with van der Waals surface area (Å²) in [5.41, 5.74) is 5.18. The first-order valence-corrected chi connectivity index (χ1v) is 15.6. The van der Waals surface area contributed by atoms with Gasteiger partial charge >= 0.3 is 12.4 Å². The van der Waals surface area contributed by atoms with Gasteiger partial charge in [0.05, 0.1) is 23.8 Å². The second-order valence-corrected chi connectivity index (χ2v) is 13.8. The normalized spacial score (nSPS) is 31.0. The highest BCUT2D eigenvalue weighted by Gasteiger charge is 2.60. The fourth-order valence-corrected chi connectivity index (χ4v) is 8.59. The van der Waals surface area contributed by atoms with Crippen molar-refractivity contribution in [3.8, 4) is 0 Å². The quantitative estimate of drug-likeness (QED) is 0.172. The number of carbonyl (C=O) groups excluding carboxylic acids is 3. The molecule has 0 aromatic carbocycles. The molecule has 0 aromatic rings. The van der Waals surface area contributed by atoms with Crippen LogP contribution in [0.1, 0.15) is 26.7 Å². The minimum Gasteiger partial charge on any atom is -0.477 e. The first-order valence-electron chi connectivity index (χ1n) is 13.0. The number of nitrogens with one attached hydrogen (secondary N) is 3. The number of nitrogens with zero attached hydrogens (tertiary/aromatic N) is 2. The van der Waals surface area contributed by atoms with Gasteiger partial charge in [0.15, 0.2) is 0 Å². The van der Waals surface area contributed by atoms with Gasteiger partial charge in [0.2, 0.25) is 21.8 Å². The molecule has 224 valence electrons. The standard InChI is InChI=1S/C23H34F2N6O7S2/c1-10-16-15(11(2)28-20(32)19(24)25)22(34)31(16)17(23(35)36)18(10)39-13-7-14(27-8-13)21(33)30-5-3-12(9-30)29-40(37,38)6-4-26/h10-16,19,27,29H,3-9,26H2,1-2H3,(H,28,32)(H,35,36)/t10-,11?,12+,13+,14+,15-,16-/m1/s1. The van der Waals surface area contributed by atoms with Gasteiger partial charge in [-0.1, -0.05) is 6.92 Å². The van der Waals surface area contributed by atoms with Crippen molar-refractivity contribution in [2.75, 3.05) is 31.9 Å². The van der Waals surface area contributed by atoms with E-state index in [0.29, 0.717) is 30.8 Å². The van der Waals surface area contributed by atoms with Crippen molar-refractivity contribution >= 4 is 45.5 Å². The van der Waals surface area contributed by atoms with Gasteiger partial charge in [0.1, 0.15) is 5.70 Å². The summed E-state index contributed by atoms with van der Waals surface area (Å²) in [5.74, 6) is -4.94. The predicted molar refractivity (Wildman–Crippen MR) is 140 cm³/mol. The number of carboxylic acids is 1. The Kier molecular flexibility index (Phi) is 9.09. The zero-order valence-electron chi connectivity index (χ0n) is 22.0. The Morgan fingerprint density at radius 1 is 1.30 bits per heavy atom. The summed E-state index contributed by atoms with van der Waals surface area (Å²) in [4.78, 5) is 52.9. The Bertz CT molecular complexity index is 1200. The second-order valence-electron chi connectivity index (χ2n) is 10.6. The van der Waals surface area contributed by atoms with Gasteiger partial charge in [-0.25, -0.2) is 17.9 Å². The maximum Gasteiger partial charge on any atom is 0.353 e. The van der Waals surface area contributed by atoms with Crippen LogP contribution in [0, 0.1) is 11.8 Å². The molecule has 0 aliphatic carbocycles. The number of alkyl halides is 2. The smallest absolute Gasteiger partial charge is 0.353 e. The van der Waals surface area contributed by atoms with E-state index in [9.17, 15) is 41.5 Å². The van der Waals surface area contributed by atoms with Crippen molar-refractivity contribution in [3.05, 3.63) is 10.6 Å². The van der Waals surface area contributed by atoms with E-state index in [2.05, 4.69) is 15.4 Å². The van der Waals surface area contributed by atoms with Crippen LogP contribution in [0.4, 0.5) is 8.78 Å². The third-order valence-corrected chi connectivity index (χ3v) is 10.8. The van der Waals surface area contributed by atoms with Crippen LogP contribution in [-0.4, -0.2) is 115 Å². The van der Waals surface area contributed by atoms with Crippen molar-refractivity contribution in [2.45, 2.75) is 62.5 Å². The number of amides is 3. The summed E-state index contributed by atoms with van der Waals surface area (Å²) >= 11 is 1.28. The lowest BCUT2D eigenvalue weighted by Crippen LogP contribution is -2.66. The van der Waals surface area contributed by atoms with Crippen LogP contribution in [0.2, 0.25) is 0 Å². The molecule has 40 heavy (non-hydrogen) atoms. The van der Waals surface area contributed by atoms with Crippen molar-refractivity contribution in [1.29, 1.82) is 0 Å². The summed E-state index contributed by atoms with van der Waals surface area (Å²) < 4.78 is 52.0. The Morgan fingerprint density at radius 2 is 2.00 bits per heavy atom. The maximum atomic E-state index is 13.1. The largest absolute Gasteiger partial charge is 0.477 e. The van der Waals surface area contributed by atoms with Gasteiger partial charge in [-0.15, -0.1) is 11.8 Å². The van der Waals surface area contributed by atoms with Gasteiger partial charge < -0.3 is 31.3 Å². The van der Waals surface area contributed by atoms with Gasteiger partial charge in [0, 0.05) is 54.3 Å². The molecule has 3 saturated heterocycles. The van der Waals surface area contributed by atoms with Crippen LogP contribution >= 0.6 is 11.8 Å².